The van der Waals surface area contributed by atoms with Crippen LogP contribution in [0.4, 0.5) is 0 Å². The van der Waals surface area contributed by atoms with Gasteiger partial charge in [-0.1, -0.05) is 12.2 Å². The number of hydrogen-bond acceptors (Lipinski definition) is 6. The van der Waals surface area contributed by atoms with Gasteiger partial charge in [-0.05, 0) is 25.5 Å². The van der Waals surface area contributed by atoms with Gasteiger partial charge < -0.3 is 14.4 Å². The number of rotatable bonds is 6. The van der Waals surface area contributed by atoms with Crippen molar-refractivity contribution in [3.05, 3.63) is 60.0 Å². The smallest absolute Gasteiger partial charge is 0.224 e. The summed E-state index contributed by atoms with van der Waals surface area (Å²) in [5.74, 6) is 3.07. The maximum absolute atomic E-state index is 6.13. The van der Waals surface area contributed by atoms with Crippen LogP contribution >= 0.6 is 0 Å². The summed E-state index contributed by atoms with van der Waals surface area (Å²) in [7, 11) is 3.70. The van der Waals surface area contributed by atoms with Gasteiger partial charge in [0, 0.05) is 49.1 Å². The van der Waals surface area contributed by atoms with Crippen molar-refractivity contribution in [1.29, 1.82) is 0 Å². The molecule has 2 unspecified atom stereocenters. The maximum Gasteiger partial charge on any atom is 0.224 e. The van der Waals surface area contributed by atoms with Crippen molar-refractivity contribution < 1.29 is 9.47 Å². The SMILES string of the molecule is COc1ccc(C2CC2COc2nc(C)ncc2C2=CN(C)CC=C2)nc1. The van der Waals surface area contributed by atoms with Gasteiger partial charge in [0.15, 0.2) is 0 Å². The van der Waals surface area contributed by atoms with E-state index in [2.05, 4.69) is 45.3 Å². The minimum absolute atomic E-state index is 0.446. The molecule has 0 spiro atoms. The topological polar surface area (TPSA) is 60.4 Å². The number of pyridine rings is 1. The van der Waals surface area contributed by atoms with Crippen molar-refractivity contribution in [2.75, 3.05) is 27.3 Å². The molecule has 0 saturated heterocycles. The lowest BCUT2D eigenvalue weighted by Gasteiger charge is -2.19. The first-order valence-electron chi connectivity index (χ1n) is 9.19. The highest BCUT2D eigenvalue weighted by Crippen LogP contribution is 2.47. The standard InChI is InChI=1S/C21H24N4O2/c1-14-22-11-19(15-5-4-8-25(2)12-15)21(24-14)27-13-16-9-18(16)20-7-6-17(26-3)10-23-20/h4-7,10-12,16,18H,8-9,13H2,1-3H3. The first-order chi connectivity index (χ1) is 13.1. The summed E-state index contributed by atoms with van der Waals surface area (Å²) in [6.45, 7) is 3.43. The monoisotopic (exact) mass is 364 g/mol. The van der Waals surface area contributed by atoms with E-state index in [-0.39, 0.29) is 0 Å². The summed E-state index contributed by atoms with van der Waals surface area (Å²) in [4.78, 5) is 15.5. The molecule has 2 atom stereocenters. The lowest BCUT2D eigenvalue weighted by Crippen LogP contribution is -2.14. The van der Waals surface area contributed by atoms with E-state index in [1.165, 1.54) is 0 Å². The van der Waals surface area contributed by atoms with Crippen molar-refractivity contribution in [3.8, 4) is 11.6 Å². The van der Waals surface area contributed by atoms with E-state index >= 15 is 0 Å². The fraction of sp³-hybridized carbons (Fsp3) is 0.381. The molecule has 2 aromatic rings. The second-order valence-corrected chi connectivity index (χ2v) is 7.10. The van der Waals surface area contributed by atoms with Crippen LogP contribution in [0.1, 0.15) is 29.4 Å². The third kappa shape index (κ3) is 3.94. The van der Waals surface area contributed by atoms with E-state index in [0.717, 1.165) is 35.5 Å². The van der Waals surface area contributed by atoms with Crippen LogP contribution in [0.3, 0.4) is 0 Å². The fourth-order valence-electron chi connectivity index (χ4n) is 3.31. The average Bonchev–Trinajstić information content (AvgIpc) is 3.46. The highest BCUT2D eigenvalue weighted by atomic mass is 16.5. The third-order valence-corrected chi connectivity index (χ3v) is 4.97. The Labute approximate surface area is 159 Å². The van der Waals surface area contributed by atoms with Gasteiger partial charge in [-0.3, -0.25) is 4.98 Å². The van der Waals surface area contributed by atoms with E-state index in [0.29, 0.717) is 30.1 Å². The molecule has 0 bridgehead atoms. The molecule has 1 aliphatic carbocycles. The van der Waals surface area contributed by atoms with E-state index in [4.69, 9.17) is 9.47 Å². The maximum atomic E-state index is 6.13. The van der Waals surface area contributed by atoms with Gasteiger partial charge in [-0.25, -0.2) is 4.98 Å². The predicted octanol–water partition coefficient (Wildman–Crippen LogP) is 3.21. The van der Waals surface area contributed by atoms with Crippen LogP contribution < -0.4 is 9.47 Å². The molecule has 0 N–H and O–H groups in total. The molecule has 6 nitrogen and oxygen atoms in total. The van der Waals surface area contributed by atoms with Crippen LogP contribution in [0.15, 0.2) is 42.9 Å². The lowest BCUT2D eigenvalue weighted by molar-refractivity contribution is 0.283. The number of aryl methyl sites for hydroxylation is 1. The van der Waals surface area contributed by atoms with E-state index in [9.17, 15) is 0 Å². The van der Waals surface area contributed by atoms with Crippen LogP contribution in [-0.2, 0) is 0 Å². The van der Waals surface area contributed by atoms with Crippen LogP contribution in [0.2, 0.25) is 0 Å². The number of hydrogen-bond donors (Lipinski definition) is 0. The molecule has 4 rings (SSSR count). The molecule has 1 fully saturated rings. The largest absolute Gasteiger partial charge is 0.495 e. The highest BCUT2D eigenvalue weighted by molar-refractivity contribution is 5.76. The van der Waals surface area contributed by atoms with Crippen molar-refractivity contribution in [2.45, 2.75) is 19.3 Å². The minimum atomic E-state index is 0.446. The summed E-state index contributed by atoms with van der Waals surface area (Å²) in [5.41, 5.74) is 3.11. The molecule has 2 aliphatic rings. The van der Waals surface area contributed by atoms with Crippen molar-refractivity contribution in [1.82, 2.24) is 19.9 Å². The van der Waals surface area contributed by atoms with E-state index < -0.39 is 0 Å². The lowest BCUT2D eigenvalue weighted by atomic mass is 10.1. The van der Waals surface area contributed by atoms with Gasteiger partial charge in [-0.2, -0.15) is 4.98 Å². The van der Waals surface area contributed by atoms with Gasteiger partial charge in [0.25, 0.3) is 0 Å². The molecule has 0 aromatic carbocycles. The number of ether oxygens (including phenoxy) is 2. The Morgan fingerprint density at radius 1 is 1.22 bits per heavy atom. The molecule has 1 saturated carbocycles. The molecule has 1 aliphatic heterocycles. The van der Waals surface area contributed by atoms with Gasteiger partial charge in [0.1, 0.15) is 11.6 Å². The summed E-state index contributed by atoms with van der Waals surface area (Å²) >= 11 is 0. The van der Waals surface area contributed by atoms with Gasteiger partial charge in [-0.15, -0.1) is 0 Å². The van der Waals surface area contributed by atoms with Crippen molar-refractivity contribution >= 4 is 5.57 Å². The molecule has 27 heavy (non-hydrogen) atoms. The van der Waals surface area contributed by atoms with Crippen molar-refractivity contribution in [2.24, 2.45) is 5.92 Å². The van der Waals surface area contributed by atoms with Crippen LogP contribution in [0.5, 0.6) is 11.6 Å². The zero-order valence-electron chi connectivity index (χ0n) is 15.9. The number of allylic oxidation sites excluding steroid dienone is 2. The molecule has 0 radical (unpaired) electrons. The first-order valence-corrected chi connectivity index (χ1v) is 9.19. The molecular weight excluding hydrogens is 340 g/mol. The quantitative estimate of drug-likeness (QED) is 0.784. The minimum Gasteiger partial charge on any atom is -0.495 e. The summed E-state index contributed by atoms with van der Waals surface area (Å²) in [5, 5.41) is 0. The Balaban J connectivity index is 1.44. The second kappa shape index (κ2) is 7.39. The zero-order valence-corrected chi connectivity index (χ0v) is 15.9. The Kier molecular flexibility index (Phi) is 4.79. The van der Waals surface area contributed by atoms with Gasteiger partial charge >= 0.3 is 0 Å². The molecule has 0 amide bonds. The Morgan fingerprint density at radius 3 is 2.85 bits per heavy atom. The summed E-state index contributed by atoms with van der Waals surface area (Å²) in [6.07, 6.45) is 11.0. The normalized spacial score (nSPS) is 21.0. The summed E-state index contributed by atoms with van der Waals surface area (Å²) < 4.78 is 11.3. The van der Waals surface area contributed by atoms with Crippen molar-refractivity contribution in [3.63, 3.8) is 0 Å². The van der Waals surface area contributed by atoms with Crippen LogP contribution in [-0.4, -0.2) is 47.2 Å². The first kappa shape index (κ1) is 17.5. The molecule has 6 heteroatoms. The fourth-order valence-corrected chi connectivity index (χ4v) is 3.31. The Hall–Kier alpha value is -2.89. The highest BCUT2D eigenvalue weighted by Gasteiger charge is 2.40. The number of methoxy groups -OCH3 is 1. The number of aromatic nitrogens is 3. The average molecular weight is 364 g/mol. The Morgan fingerprint density at radius 2 is 2.11 bits per heavy atom. The third-order valence-electron chi connectivity index (χ3n) is 4.97. The van der Waals surface area contributed by atoms with E-state index in [1.807, 2.05) is 25.3 Å². The second-order valence-electron chi connectivity index (χ2n) is 7.10. The number of nitrogens with zero attached hydrogens (tertiary/aromatic N) is 4. The summed E-state index contributed by atoms with van der Waals surface area (Å²) in [6, 6.07) is 4.00. The van der Waals surface area contributed by atoms with Crippen LogP contribution in [0.25, 0.3) is 5.57 Å². The van der Waals surface area contributed by atoms with Gasteiger partial charge in [0.2, 0.25) is 5.88 Å². The molecule has 2 aromatic heterocycles. The predicted molar refractivity (Wildman–Crippen MR) is 104 cm³/mol. The molecular formula is C21H24N4O2. The molecule has 140 valence electrons. The Bertz CT molecular complexity index is 876. The van der Waals surface area contributed by atoms with E-state index in [1.54, 1.807) is 13.3 Å². The zero-order chi connectivity index (χ0) is 18.8. The van der Waals surface area contributed by atoms with Crippen LogP contribution in [0, 0.1) is 12.8 Å². The van der Waals surface area contributed by atoms with Gasteiger partial charge in [0.05, 0.1) is 25.5 Å². The molecule has 3 heterocycles. The number of likely N-dealkylation sites (N-methyl/N-ethyl adjacent to an activating group) is 1.